The molecule has 3 rings (SSSR count). The molecule has 1 aromatic rings. The number of ether oxygens (including phenoxy) is 2. The lowest BCUT2D eigenvalue weighted by atomic mass is 10.2. The Labute approximate surface area is 118 Å². The van der Waals surface area contributed by atoms with E-state index in [1.54, 1.807) is 0 Å². The maximum atomic E-state index is 11.9. The van der Waals surface area contributed by atoms with Crippen molar-refractivity contribution >= 4 is 5.91 Å². The number of benzene rings is 1. The molecule has 2 aliphatic rings. The van der Waals surface area contributed by atoms with E-state index in [1.165, 1.54) is 0 Å². The van der Waals surface area contributed by atoms with Crippen molar-refractivity contribution in [3.63, 3.8) is 0 Å². The highest BCUT2D eigenvalue weighted by Crippen LogP contribution is 2.35. The molecule has 20 heavy (non-hydrogen) atoms. The second-order valence-electron chi connectivity index (χ2n) is 4.95. The summed E-state index contributed by atoms with van der Waals surface area (Å²) in [5.74, 6) is 1.54. The average molecular weight is 277 g/mol. The van der Waals surface area contributed by atoms with Crippen LogP contribution in [0.5, 0.6) is 11.5 Å². The van der Waals surface area contributed by atoms with Crippen LogP contribution in [-0.2, 0) is 11.3 Å². The van der Waals surface area contributed by atoms with Gasteiger partial charge in [-0.3, -0.25) is 9.69 Å². The van der Waals surface area contributed by atoms with E-state index in [-0.39, 0.29) is 12.7 Å². The zero-order valence-electron chi connectivity index (χ0n) is 11.4. The maximum Gasteiger partial charge on any atom is 0.234 e. The van der Waals surface area contributed by atoms with Crippen molar-refractivity contribution in [2.45, 2.75) is 6.54 Å². The Balaban J connectivity index is 1.51. The molecule has 2 heterocycles. The van der Waals surface area contributed by atoms with Gasteiger partial charge in [0.15, 0.2) is 11.5 Å². The number of hydrogen-bond donors (Lipinski definition) is 2. The second-order valence-corrected chi connectivity index (χ2v) is 4.95. The quantitative estimate of drug-likeness (QED) is 0.807. The Morgan fingerprint density at radius 2 is 2.15 bits per heavy atom. The minimum absolute atomic E-state index is 0.0448. The summed E-state index contributed by atoms with van der Waals surface area (Å²) in [5, 5.41) is 6.21. The molecule has 0 radical (unpaired) electrons. The van der Waals surface area contributed by atoms with E-state index in [2.05, 4.69) is 15.5 Å². The normalized spacial score (nSPS) is 18.0. The van der Waals surface area contributed by atoms with Crippen molar-refractivity contribution in [2.24, 2.45) is 0 Å². The number of amides is 1. The minimum atomic E-state index is 0.0448. The number of piperazine rings is 1. The van der Waals surface area contributed by atoms with Crippen LogP contribution in [0.2, 0.25) is 0 Å². The van der Waals surface area contributed by atoms with Crippen LogP contribution in [0.15, 0.2) is 18.2 Å². The molecular formula is C14H19N3O3. The number of nitrogens with zero attached hydrogens (tertiary/aromatic N) is 1. The van der Waals surface area contributed by atoms with Gasteiger partial charge in [-0.05, 0) is 6.07 Å². The Hall–Kier alpha value is -1.79. The third kappa shape index (κ3) is 3.02. The number of rotatable bonds is 4. The third-order valence-corrected chi connectivity index (χ3v) is 3.53. The first-order chi connectivity index (χ1) is 9.83. The van der Waals surface area contributed by atoms with Gasteiger partial charge in [-0.15, -0.1) is 0 Å². The van der Waals surface area contributed by atoms with Gasteiger partial charge in [0.25, 0.3) is 0 Å². The second kappa shape index (κ2) is 6.11. The maximum absolute atomic E-state index is 11.9. The Kier molecular flexibility index (Phi) is 4.03. The lowest BCUT2D eigenvalue weighted by Gasteiger charge is -2.26. The number of nitrogens with one attached hydrogen (secondary N) is 2. The fourth-order valence-electron chi connectivity index (χ4n) is 2.45. The van der Waals surface area contributed by atoms with Crippen molar-refractivity contribution in [3.8, 4) is 11.5 Å². The number of carbonyl (C=O) groups is 1. The van der Waals surface area contributed by atoms with Crippen LogP contribution in [0.3, 0.4) is 0 Å². The zero-order valence-corrected chi connectivity index (χ0v) is 11.4. The fourth-order valence-corrected chi connectivity index (χ4v) is 2.45. The molecule has 0 aliphatic carbocycles. The largest absolute Gasteiger partial charge is 0.454 e. The Bertz CT molecular complexity index is 487. The van der Waals surface area contributed by atoms with Gasteiger partial charge >= 0.3 is 0 Å². The third-order valence-electron chi connectivity index (χ3n) is 3.53. The summed E-state index contributed by atoms with van der Waals surface area (Å²) in [6.45, 7) is 4.91. The number of hydrogen-bond acceptors (Lipinski definition) is 5. The summed E-state index contributed by atoms with van der Waals surface area (Å²) < 4.78 is 10.7. The first-order valence-electron chi connectivity index (χ1n) is 6.90. The van der Waals surface area contributed by atoms with Crippen LogP contribution in [0, 0.1) is 0 Å². The summed E-state index contributed by atoms with van der Waals surface area (Å²) in [6, 6.07) is 5.72. The molecule has 0 saturated carbocycles. The highest BCUT2D eigenvalue weighted by atomic mass is 16.7. The SMILES string of the molecule is O=C(CN1CCNCC1)NCc1cccc2c1OCO2. The Morgan fingerprint density at radius 1 is 1.30 bits per heavy atom. The molecule has 6 nitrogen and oxygen atoms in total. The van der Waals surface area contributed by atoms with Crippen molar-refractivity contribution in [2.75, 3.05) is 39.5 Å². The van der Waals surface area contributed by atoms with E-state index in [4.69, 9.17) is 9.47 Å². The fraction of sp³-hybridized carbons (Fsp3) is 0.500. The molecule has 6 heteroatoms. The van der Waals surface area contributed by atoms with E-state index >= 15 is 0 Å². The summed E-state index contributed by atoms with van der Waals surface area (Å²) in [5.41, 5.74) is 0.952. The summed E-state index contributed by atoms with van der Waals surface area (Å²) in [7, 11) is 0. The highest BCUT2D eigenvalue weighted by Gasteiger charge is 2.18. The van der Waals surface area contributed by atoms with Crippen molar-refractivity contribution in [3.05, 3.63) is 23.8 Å². The Morgan fingerprint density at radius 3 is 3.00 bits per heavy atom. The van der Waals surface area contributed by atoms with Gasteiger partial charge in [0.1, 0.15) is 0 Å². The van der Waals surface area contributed by atoms with Crippen molar-refractivity contribution in [1.29, 1.82) is 0 Å². The molecule has 0 bridgehead atoms. The predicted molar refractivity (Wildman–Crippen MR) is 73.7 cm³/mol. The van der Waals surface area contributed by atoms with Crippen LogP contribution >= 0.6 is 0 Å². The molecule has 1 aromatic carbocycles. The molecular weight excluding hydrogens is 258 g/mol. The lowest BCUT2D eigenvalue weighted by molar-refractivity contribution is -0.122. The minimum Gasteiger partial charge on any atom is -0.454 e. The standard InChI is InChI=1S/C14H19N3O3/c18-13(9-17-6-4-15-5-7-17)16-8-11-2-1-3-12-14(11)20-10-19-12/h1-3,15H,4-10H2,(H,16,18). The summed E-state index contributed by atoms with van der Waals surface area (Å²) >= 11 is 0. The van der Waals surface area contributed by atoms with Gasteiger partial charge in [0, 0.05) is 38.3 Å². The molecule has 0 unspecified atom stereocenters. The smallest absolute Gasteiger partial charge is 0.234 e. The number of fused-ring (bicyclic) bond motifs is 1. The monoisotopic (exact) mass is 277 g/mol. The molecule has 1 fully saturated rings. The molecule has 0 atom stereocenters. The molecule has 1 saturated heterocycles. The summed E-state index contributed by atoms with van der Waals surface area (Å²) in [6.07, 6.45) is 0. The van der Waals surface area contributed by atoms with Crippen LogP contribution in [0.4, 0.5) is 0 Å². The van der Waals surface area contributed by atoms with Gasteiger partial charge < -0.3 is 20.1 Å². The van der Waals surface area contributed by atoms with E-state index in [0.29, 0.717) is 13.1 Å². The van der Waals surface area contributed by atoms with Crippen LogP contribution in [0.25, 0.3) is 0 Å². The summed E-state index contributed by atoms with van der Waals surface area (Å²) in [4.78, 5) is 14.1. The topological polar surface area (TPSA) is 62.8 Å². The van der Waals surface area contributed by atoms with Crippen LogP contribution in [-0.4, -0.2) is 50.3 Å². The highest BCUT2D eigenvalue weighted by molar-refractivity contribution is 5.78. The van der Waals surface area contributed by atoms with Crippen molar-refractivity contribution in [1.82, 2.24) is 15.5 Å². The van der Waals surface area contributed by atoms with E-state index in [9.17, 15) is 4.79 Å². The van der Waals surface area contributed by atoms with Crippen LogP contribution < -0.4 is 20.1 Å². The number of para-hydroxylation sites is 1. The molecule has 0 spiro atoms. The predicted octanol–water partition coefficient (Wildman–Crippen LogP) is -0.0633. The van der Waals surface area contributed by atoms with E-state index in [0.717, 1.165) is 43.2 Å². The molecule has 2 N–H and O–H groups in total. The van der Waals surface area contributed by atoms with Gasteiger partial charge in [-0.25, -0.2) is 0 Å². The first-order valence-corrected chi connectivity index (χ1v) is 6.90. The molecule has 2 aliphatic heterocycles. The van der Waals surface area contributed by atoms with Crippen LogP contribution in [0.1, 0.15) is 5.56 Å². The van der Waals surface area contributed by atoms with E-state index < -0.39 is 0 Å². The lowest BCUT2D eigenvalue weighted by Crippen LogP contribution is -2.47. The zero-order chi connectivity index (χ0) is 13.8. The average Bonchev–Trinajstić information content (AvgIpc) is 2.95. The van der Waals surface area contributed by atoms with E-state index in [1.807, 2.05) is 18.2 Å². The molecule has 1 amide bonds. The van der Waals surface area contributed by atoms with Gasteiger partial charge in [-0.1, -0.05) is 12.1 Å². The number of carbonyl (C=O) groups excluding carboxylic acids is 1. The first kappa shape index (κ1) is 13.2. The van der Waals surface area contributed by atoms with Gasteiger partial charge in [0.2, 0.25) is 12.7 Å². The van der Waals surface area contributed by atoms with Gasteiger partial charge in [-0.2, -0.15) is 0 Å². The molecule has 0 aromatic heterocycles. The van der Waals surface area contributed by atoms with Gasteiger partial charge in [0.05, 0.1) is 6.54 Å². The van der Waals surface area contributed by atoms with Crippen molar-refractivity contribution < 1.29 is 14.3 Å². The molecule has 108 valence electrons.